The highest BCUT2D eigenvalue weighted by Gasteiger charge is 2.27. The standard InChI is InChI=1S/C32H67N2O6P/c1-3-5-7-9-11-13-14-15-16-17-18-19-21-23-25-31(35)30(29-40-41(37,38)39-28-27-33)34-32(36)26-24-22-20-12-10-8-6-4-2/h30-31,35H,3-29,33H2,1-2H3,(H,34,36)(H,37,38)/t30-,31+/m0/s1. The van der Waals surface area contributed by atoms with Gasteiger partial charge in [-0.25, -0.2) is 4.57 Å². The Morgan fingerprint density at radius 3 is 1.56 bits per heavy atom. The van der Waals surface area contributed by atoms with Crippen LogP contribution in [-0.4, -0.2) is 47.8 Å². The number of hydrogen-bond donors (Lipinski definition) is 4. The van der Waals surface area contributed by atoms with Crippen molar-refractivity contribution in [1.29, 1.82) is 0 Å². The highest BCUT2D eigenvalue weighted by atomic mass is 31.2. The van der Waals surface area contributed by atoms with Crippen LogP contribution in [0.5, 0.6) is 0 Å². The zero-order chi connectivity index (χ0) is 30.4. The number of nitrogens with two attached hydrogens (primary N) is 1. The fraction of sp³-hybridized carbons (Fsp3) is 0.969. The van der Waals surface area contributed by atoms with E-state index < -0.39 is 20.0 Å². The third-order valence-corrected chi connectivity index (χ3v) is 8.70. The molecule has 5 N–H and O–H groups in total. The number of phosphoric ester groups is 1. The van der Waals surface area contributed by atoms with E-state index in [9.17, 15) is 19.4 Å². The maximum atomic E-state index is 12.6. The Morgan fingerprint density at radius 2 is 1.12 bits per heavy atom. The van der Waals surface area contributed by atoms with E-state index in [1.165, 1.54) is 103 Å². The van der Waals surface area contributed by atoms with Crippen molar-refractivity contribution in [3.05, 3.63) is 0 Å². The molecule has 0 rings (SSSR count). The SMILES string of the molecule is CCCCCCCCCCCCCCCC[C@@H](O)[C@H](COP(=O)(O)OCCN)NC(=O)CCCCCCCCCC. The van der Waals surface area contributed by atoms with Crippen molar-refractivity contribution in [1.82, 2.24) is 5.32 Å². The molecule has 246 valence electrons. The second-order valence-electron chi connectivity index (χ2n) is 11.7. The minimum absolute atomic E-state index is 0.0917. The lowest BCUT2D eigenvalue weighted by molar-refractivity contribution is -0.123. The van der Waals surface area contributed by atoms with Crippen LogP contribution in [0.25, 0.3) is 0 Å². The lowest BCUT2D eigenvalue weighted by Crippen LogP contribution is -2.46. The predicted molar refractivity (Wildman–Crippen MR) is 171 cm³/mol. The Morgan fingerprint density at radius 1 is 0.707 bits per heavy atom. The number of amides is 1. The molecule has 0 radical (unpaired) electrons. The van der Waals surface area contributed by atoms with Gasteiger partial charge in [0.1, 0.15) is 0 Å². The summed E-state index contributed by atoms with van der Waals surface area (Å²) in [6, 6.07) is -0.763. The van der Waals surface area contributed by atoms with Gasteiger partial charge in [-0.2, -0.15) is 0 Å². The van der Waals surface area contributed by atoms with Crippen LogP contribution in [0.3, 0.4) is 0 Å². The molecule has 0 bridgehead atoms. The van der Waals surface area contributed by atoms with Crippen LogP contribution in [0, 0.1) is 0 Å². The van der Waals surface area contributed by atoms with E-state index in [2.05, 4.69) is 19.2 Å². The van der Waals surface area contributed by atoms with Gasteiger partial charge in [0, 0.05) is 13.0 Å². The van der Waals surface area contributed by atoms with Gasteiger partial charge in [0.15, 0.2) is 0 Å². The normalized spacial score (nSPS) is 14.6. The smallest absolute Gasteiger partial charge is 0.391 e. The van der Waals surface area contributed by atoms with Crippen LogP contribution in [-0.2, 0) is 18.4 Å². The maximum Gasteiger partial charge on any atom is 0.472 e. The largest absolute Gasteiger partial charge is 0.472 e. The van der Waals surface area contributed by atoms with Crippen molar-refractivity contribution in [3.8, 4) is 0 Å². The van der Waals surface area contributed by atoms with Gasteiger partial charge in [-0.15, -0.1) is 0 Å². The minimum atomic E-state index is -4.29. The second-order valence-corrected chi connectivity index (χ2v) is 13.2. The first-order chi connectivity index (χ1) is 19.9. The van der Waals surface area contributed by atoms with E-state index in [0.29, 0.717) is 12.8 Å². The van der Waals surface area contributed by atoms with E-state index in [4.69, 9.17) is 14.8 Å². The summed E-state index contributed by atoms with van der Waals surface area (Å²) in [4.78, 5) is 22.4. The molecular weight excluding hydrogens is 539 g/mol. The molecule has 0 aromatic carbocycles. The summed E-state index contributed by atoms with van der Waals surface area (Å²) in [5, 5.41) is 13.6. The lowest BCUT2D eigenvalue weighted by atomic mass is 10.0. The first-order valence-corrected chi connectivity index (χ1v) is 18.6. The molecule has 1 unspecified atom stereocenters. The second kappa shape index (κ2) is 29.6. The fourth-order valence-electron chi connectivity index (χ4n) is 5.08. The fourth-order valence-corrected chi connectivity index (χ4v) is 5.84. The van der Waals surface area contributed by atoms with Crippen LogP contribution in [0.15, 0.2) is 0 Å². The van der Waals surface area contributed by atoms with Gasteiger partial charge in [0.2, 0.25) is 5.91 Å². The molecular formula is C32H67N2O6P. The molecule has 0 heterocycles. The Labute approximate surface area is 252 Å². The van der Waals surface area contributed by atoms with E-state index in [1.54, 1.807) is 0 Å². The molecule has 0 aliphatic carbocycles. The monoisotopic (exact) mass is 606 g/mol. The quantitative estimate of drug-likeness (QED) is 0.0447. The summed E-state index contributed by atoms with van der Waals surface area (Å²) < 4.78 is 22.0. The maximum absolute atomic E-state index is 12.6. The van der Waals surface area contributed by atoms with Gasteiger partial charge in [-0.05, 0) is 12.8 Å². The van der Waals surface area contributed by atoms with Gasteiger partial charge < -0.3 is 21.1 Å². The average Bonchev–Trinajstić information content (AvgIpc) is 2.95. The van der Waals surface area contributed by atoms with Crippen LogP contribution in [0.4, 0.5) is 0 Å². The van der Waals surface area contributed by atoms with Crippen molar-refractivity contribution < 1.29 is 28.4 Å². The number of aliphatic hydroxyl groups excluding tert-OH is 1. The van der Waals surface area contributed by atoms with Gasteiger partial charge in [-0.3, -0.25) is 13.8 Å². The van der Waals surface area contributed by atoms with Gasteiger partial charge in [0.05, 0.1) is 25.4 Å². The van der Waals surface area contributed by atoms with Crippen molar-refractivity contribution in [2.24, 2.45) is 5.73 Å². The summed E-state index contributed by atoms with van der Waals surface area (Å²) in [6.45, 7) is 4.16. The summed E-state index contributed by atoms with van der Waals surface area (Å²) in [7, 11) is -4.29. The lowest BCUT2D eigenvalue weighted by Gasteiger charge is -2.25. The van der Waals surface area contributed by atoms with Crippen LogP contribution in [0.1, 0.15) is 168 Å². The van der Waals surface area contributed by atoms with E-state index in [1.807, 2.05) is 0 Å². The molecule has 0 aromatic rings. The van der Waals surface area contributed by atoms with Crippen molar-refractivity contribution >= 4 is 13.7 Å². The van der Waals surface area contributed by atoms with E-state index >= 15 is 0 Å². The van der Waals surface area contributed by atoms with Crippen molar-refractivity contribution in [2.45, 2.75) is 180 Å². The molecule has 9 heteroatoms. The number of phosphoric acid groups is 1. The Bertz CT molecular complexity index is 625. The average molecular weight is 607 g/mol. The predicted octanol–water partition coefficient (Wildman–Crippen LogP) is 8.33. The number of aliphatic hydroxyl groups is 1. The van der Waals surface area contributed by atoms with Crippen LogP contribution >= 0.6 is 7.82 Å². The highest BCUT2D eigenvalue weighted by molar-refractivity contribution is 7.47. The molecule has 0 saturated heterocycles. The Kier molecular flexibility index (Phi) is 29.2. The number of unbranched alkanes of at least 4 members (excludes halogenated alkanes) is 20. The molecule has 0 aliphatic rings. The Hall–Kier alpha value is -0.500. The summed E-state index contributed by atoms with van der Waals surface area (Å²) in [5.74, 6) is -0.166. The molecule has 0 saturated carbocycles. The molecule has 41 heavy (non-hydrogen) atoms. The van der Waals surface area contributed by atoms with Gasteiger partial charge in [-0.1, -0.05) is 149 Å². The van der Waals surface area contributed by atoms with Gasteiger partial charge >= 0.3 is 7.82 Å². The van der Waals surface area contributed by atoms with E-state index in [0.717, 1.165) is 38.5 Å². The number of carbonyl (C=O) groups excluding carboxylic acids is 1. The molecule has 3 atom stereocenters. The summed E-state index contributed by atoms with van der Waals surface area (Å²) in [6.07, 6.45) is 26.8. The summed E-state index contributed by atoms with van der Waals surface area (Å²) >= 11 is 0. The molecule has 0 aromatic heterocycles. The van der Waals surface area contributed by atoms with Crippen LogP contribution in [0.2, 0.25) is 0 Å². The zero-order valence-electron chi connectivity index (χ0n) is 26.8. The number of nitrogens with one attached hydrogen (secondary N) is 1. The molecule has 0 aliphatic heterocycles. The molecule has 8 nitrogen and oxygen atoms in total. The zero-order valence-corrected chi connectivity index (χ0v) is 27.7. The van der Waals surface area contributed by atoms with E-state index in [-0.39, 0.29) is 25.7 Å². The van der Waals surface area contributed by atoms with Gasteiger partial charge in [0.25, 0.3) is 0 Å². The van der Waals surface area contributed by atoms with Crippen molar-refractivity contribution in [2.75, 3.05) is 19.8 Å². The third-order valence-electron chi connectivity index (χ3n) is 7.71. The third kappa shape index (κ3) is 28.1. The number of hydrogen-bond acceptors (Lipinski definition) is 6. The number of rotatable bonds is 32. The molecule has 0 spiro atoms. The topological polar surface area (TPSA) is 131 Å². The first kappa shape index (κ1) is 40.5. The number of carbonyl (C=O) groups is 1. The molecule has 1 amide bonds. The van der Waals surface area contributed by atoms with Crippen LogP contribution < -0.4 is 11.1 Å². The molecule has 0 fully saturated rings. The highest BCUT2D eigenvalue weighted by Crippen LogP contribution is 2.43. The first-order valence-electron chi connectivity index (χ1n) is 17.2. The Balaban J connectivity index is 4.26. The minimum Gasteiger partial charge on any atom is -0.391 e. The van der Waals surface area contributed by atoms with Crippen molar-refractivity contribution in [3.63, 3.8) is 0 Å². The summed E-state index contributed by atoms with van der Waals surface area (Å²) in [5.41, 5.74) is 5.34.